The molecule has 0 atom stereocenters. The Morgan fingerprint density at radius 3 is 2.40 bits per heavy atom. The molecule has 0 aliphatic heterocycles. The molecular weight excluding hydrogens is 257 g/mol. The van der Waals surface area contributed by atoms with Crippen LogP contribution in [0.3, 0.4) is 0 Å². The van der Waals surface area contributed by atoms with Crippen molar-refractivity contribution < 1.29 is 13.9 Å². The highest BCUT2D eigenvalue weighted by Crippen LogP contribution is 2.23. The van der Waals surface area contributed by atoms with E-state index in [2.05, 4.69) is 0 Å². The smallest absolute Gasteiger partial charge is 0.162 e. The first-order chi connectivity index (χ1) is 9.63. The number of ether oxygens (including phenoxy) is 1. The van der Waals surface area contributed by atoms with Crippen LogP contribution in [-0.2, 0) is 0 Å². The zero-order valence-corrected chi connectivity index (χ0v) is 10.9. The summed E-state index contributed by atoms with van der Waals surface area (Å²) in [5.41, 5.74) is 0.590. The summed E-state index contributed by atoms with van der Waals surface area (Å²) in [6, 6.07) is 12.4. The van der Waals surface area contributed by atoms with Crippen molar-refractivity contribution in [1.82, 2.24) is 0 Å². The number of nitriles is 1. The van der Waals surface area contributed by atoms with E-state index < -0.39 is 5.82 Å². The highest BCUT2D eigenvalue weighted by atomic mass is 19.1. The molecule has 0 unspecified atom stereocenters. The first-order valence-corrected chi connectivity index (χ1v) is 6.15. The zero-order valence-electron chi connectivity index (χ0n) is 10.9. The van der Waals surface area contributed by atoms with Gasteiger partial charge in [-0.05, 0) is 36.4 Å². The van der Waals surface area contributed by atoms with Gasteiger partial charge in [-0.2, -0.15) is 5.26 Å². The van der Waals surface area contributed by atoms with Crippen molar-refractivity contribution in [2.24, 2.45) is 0 Å². The van der Waals surface area contributed by atoms with Gasteiger partial charge in [0.05, 0.1) is 5.56 Å². The lowest BCUT2D eigenvalue weighted by molar-refractivity contribution is 0.0988. The summed E-state index contributed by atoms with van der Waals surface area (Å²) in [7, 11) is 0. The van der Waals surface area contributed by atoms with E-state index in [4.69, 9.17) is 10.00 Å². The summed E-state index contributed by atoms with van der Waals surface area (Å²) in [4.78, 5) is 11.5. The van der Waals surface area contributed by atoms with Crippen LogP contribution in [-0.4, -0.2) is 5.78 Å². The lowest BCUT2D eigenvalue weighted by atomic mass is 10.1. The third-order valence-corrected chi connectivity index (χ3v) is 2.79. The van der Waals surface area contributed by atoms with Crippen LogP contribution in [0, 0.1) is 17.1 Å². The van der Waals surface area contributed by atoms with Crippen molar-refractivity contribution >= 4 is 5.78 Å². The molecule has 0 fully saturated rings. The quantitative estimate of drug-likeness (QED) is 0.786. The molecule has 100 valence electrons. The summed E-state index contributed by atoms with van der Waals surface area (Å²) in [5, 5.41) is 8.64. The van der Waals surface area contributed by atoms with Crippen LogP contribution in [0.5, 0.6) is 11.5 Å². The normalized spacial score (nSPS) is 9.85. The van der Waals surface area contributed by atoms with Gasteiger partial charge in [0.15, 0.2) is 5.78 Å². The van der Waals surface area contributed by atoms with E-state index in [0.717, 1.165) is 6.07 Å². The Bertz CT molecular complexity index is 672. The molecule has 0 radical (unpaired) electrons. The van der Waals surface area contributed by atoms with Crippen molar-refractivity contribution in [3.05, 3.63) is 59.4 Å². The standard InChI is InChI=1S/C16H12FNO2/c1-2-16(19)11-3-6-13(7-4-11)20-14-8-5-12(10-18)15(17)9-14/h3-9H,2H2,1H3. The van der Waals surface area contributed by atoms with Gasteiger partial charge in [-0.15, -0.1) is 0 Å². The Balaban J connectivity index is 2.16. The molecule has 0 amide bonds. The van der Waals surface area contributed by atoms with Gasteiger partial charge in [-0.25, -0.2) is 4.39 Å². The predicted molar refractivity (Wildman–Crippen MR) is 72.3 cm³/mol. The van der Waals surface area contributed by atoms with Crippen molar-refractivity contribution in [3.8, 4) is 17.6 Å². The summed E-state index contributed by atoms with van der Waals surface area (Å²) in [6.07, 6.45) is 0.445. The van der Waals surface area contributed by atoms with Gasteiger partial charge in [0.25, 0.3) is 0 Å². The molecule has 0 aliphatic carbocycles. The molecule has 3 nitrogen and oxygen atoms in total. The number of carbonyl (C=O) groups is 1. The van der Waals surface area contributed by atoms with Crippen molar-refractivity contribution in [1.29, 1.82) is 5.26 Å². The van der Waals surface area contributed by atoms with E-state index in [1.165, 1.54) is 12.1 Å². The number of ketones is 1. The Morgan fingerprint density at radius 2 is 1.85 bits per heavy atom. The number of nitrogens with zero attached hydrogens (tertiary/aromatic N) is 1. The maximum Gasteiger partial charge on any atom is 0.162 e. The van der Waals surface area contributed by atoms with E-state index in [-0.39, 0.29) is 11.3 Å². The van der Waals surface area contributed by atoms with Crippen LogP contribution in [0.15, 0.2) is 42.5 Å². The van der Waals surface area contributed by atoms with E-state index in [1.54, 1.807) is 37.3 Å². The van der Waals surface area contributed by atoms with Gasteiger partial charge in [0.1, 0.15) is 23.4 Å². The zero-order chi connectivity index (χ0) is 14.5. The summed E-state index contributed by atoms with van der Waals surface area (Å²) < 4.78 is 18.9. The average molecular weight is 269 g/mol. The maximum atomic E-state index is 13.4. The van der Waals surface area contributed by atoms with Gasteiger partial charge >= 0.3 is 0 Å². The van der Waals surface area contributed by atoms with Crippen LogP contribution in [0.4, 0.5) is 4.39 Å². The molecule has 0 aliphatic rings. The average Bonchev–Trinajstić information content (AvgIpc) is 2.47. The molecule has 0 N–H and O–H groups in total. The molecule has 2 aromatic carbocycles. The van der Waals surface area contributed by atoms with Crippen molar-refractivity contribution in [2.75, 3.05) is 0 Å². The minimum absolute atomic E-state index is 0.0266. The van der Waals surface area contributed by atoms with Gasteiger partial charge < -0.3 is 4.74 Å². The van der Waals surface area contributed by atoms with E-state index in [0.29, 0.717) is 23.5 Å². The highest BCUT2D eigenvalue weighted by Gasteiger charge is 2.06. The summed E-state index contributed by atoms with van der Waals surface area (Å²) >= 11 is 0. The molecule has 4 heteroatoms. The van der Waals surface area contributed by atoms with E-state index in [1.807, 2.05) is 0 Å². The minimum atomic E-state index is -0.622. The van der Waals surface area contributed by atoms with Gasteiger partial charge in [0.2, 0.25) is 0 Å². The highest BCUT2D eigenvalue weighted by molar-refractivity contribution is 5.95. The molecule has 0 saturated carbocycles. The SMILES string of the molecule is CCC(=O)c1ccc(Oc2ccc(C#N)c(F)c2)cc1. The molecule has 20 heavy (non-hydrogen) atoms. The molecule has 2 rings (SSSR count). The van der Waals surface area contributed by atoms with E-state index >= 15 is 0 Å². The Kier molecular flexibility index (Phi) is 4.11. The number of hydrogen-bond acceptors (Lipinski definition) is 3. The number of hydrogen-bond donors (Lipinski definition) is 0. The Morgan fingerprint density at radius 1 is 1.20 bits per heavy atom. The number of carbonyl (C=O) groups excluding carboxylic acids is 1. The fraction of sp³-hybridized carbons (Fsp3) is 0.125. The third kappa shape index (κ3) is 3.01. The Labute approximate surface area is 116 Å². The number of Topliss-reactive ketones (excluding diaryl/α,β-unsaturated/α-hetero) is 1. The predicted octanol–water partition coefficient (Wildman–Crippen LogP) is 4.08. The van der Waals surface area contributed by atoms with E-state index in [9.17, 15) is 9.18 Å². The van der Waals surface area contributed by atoms with Gasteiger partial charge in [-0.1, -0.05) is 6.92 Å². The van der Waals surface area contributed by atoms with Crippen LogP contribution >= 0.6 is 0 Å². The second kappa shape index (κ2) is 5.98. The van der Waals surface area contributed by atoms with Crippen LogP contribution in [0.1, 0.15) is 29.3 Å². The number of halogens is 1. The topological polar surface area (TPSA) is 50.1 Å². The first-order valence-electron chi connectivity index (χ1n) is 6.15. The summed E-state index contributed by atoms with van der Waals surface area (Å²) in [5.74, 6) is 0.238. The summed E-state index contributed by atoms with van der Waals surface area (Å²) in [6.45, 7) is 1.80. The van der Waals surface area contributed by atoms with Gasteiger partial charge in [-0.3, -0.25) is 4.79 Å². The lowest BCUT2D eigenvalue weighted by Gasteiger charge is -2.06. The van der Waals surface area contributed by atoms with Crippen molar-refractivity contribution in [3.63, 3.8) is 0 Å². The third-order valence-electron chi connectivity index (χ3n) is 2.79. The van der Waals surface area contributed by atoms with Crippen LogP contribution in [0.25, 0.3) is 0 Å². The monoisotopic (exact) mass is 269 g/mol. The van der Waals surface area contributed by atoms with Crippen molar-refractivity contribution in [2.45, 2.75) is 13.3 Å². The molecule has 0 heterocycles. The Hall–Kier alpha value is -2.67. The fourth-order valence-electron chi connectivity index (χ4n) is 1.70. The maximum absolute atomic E-state index is 13.4. The van der Waals surface area contributed by atoms with Crippen LogP contribution < -0.4 is 4.74 Å². The van der Waals surface area contributed by atoms with Gasteiger partial charge in [0, 0.05) is 18.1 Å². The lowest BCUT2D eigenvalue weighted by Crippen LogP contribution is -1.95. The second-order valence-electron chi connectivity index (χ2n) is 4.16. The molecule has 0 bridgehead atoms. The fourth-order valence-corrected chi connectivity index (χ4v) is 1.70. The molecule has 0 spiro atoms. The second-order valence-corrected chi connectivity index (χ2v) is 4.16. The molecule has 0 aromatic heterocycles. The first kappa shape index (κ1) is 13.8. The largest absolute Gasteiger partial charge is 0.457 e. The molecular formula is C16H12FNO2. The molecule has 0 saturated heterocycles. The molecule has 2 aromatic rings. The van der Waals surface area contributed by atoms with Crippen LogP contribution in [0.2, 0.25) is 0 Å². The number of benzene rings is 2. The minimum Gasteiger partial charge on any atom is -0.457 e. The number of rotatable bonds is 4.